The van der Waals surface area contributed by atoms with Crippen molar-refractivity contribution in [3.63, 3.8) is 0 Å². The number of carbonyl (C=O) groups excluding carboxylic acids is 2. The quantitative estimate of drug-likeness (QED) is 0.364. The minimum absolute atomic E-state index is 0.0431. The number of phenolic OH excluding ortho intramolecular Hbond substituents is 1. The van der Waals surface area contributed by atoms with Crippen LogP contribution in [0.3, 0.4) is 0 Å². The molecule has 1 aliphatic heterocycles. The number of benzene rings is 1. The summed E-state index contributed by atoms with van der Waals surface area (Å²) in [6.45, 7) is 2.85. The smallest absolute Gasteiger partial charge is 0.248 e. The van der Waals surface area contributed by atoms with E-state index >= 15 is 0 Å². The minimum Gasteiger partial charge on any atom is -0.510 e. The van der Waals surface area contributed by atoms with Gasteiger partial charge in [-0.3, -0.25) is 14.5 Å². The number of phenols is 1. The molecule has 41 heavy (non-hydrogen) atoms. The summed E-state index contributed by atoms with van der Waals surface area (Å²) >= 11 is 0. The van der Waals surface area contributed by atoms with Crippen LogP contribution in [0.2, 0.25) is 0 Å². The number of rotatable bonds is 8. The summed E-state index contributed by atoms with van der Waals surface area (Å²) in [5.74, 6) is -1.83. The number of nitrogens with zero attached hydrogens (tertiary/aromatic N) is 2. The normalized spacial score (nSPS) is 29.6. The van der Waals surface area contributed by atoms with Gasteiger partial charge in [0.1, 0.15) is 28.6 Å². The number of fused-ring (bicyclic) bond motifs is 3. The van der Waals surface area contributed by atoms with Gasteiger partial charge in [0.05, 0.1) is 30.9 Å². The summed E-state index contributed by atoms with van der Waals surface area (Å²) in [6.07, 6.45) is 1.56. The average Bonchev–Trinajstić information content (AvgIpc) is 3.41. The average molecular weight is 572 g/mol. The maximum atomic E-state index is 14.1. The number of nitrogens with two attached hydrogens (primary N) is 1. The van der Waals surface area contributed by atoms with Gasteiger partial charge in [-0.05, 0) is 58.3 Å². The molecule has 11 heteroatoms. The first-order valence-corrected chi connectivity index (χ1v) is 14.0. The van der Waals surface area contributed by atoms with Gasteiger partial charge in [0.25, 0.3) is 0 Å². The van der Waals surface area contributed by atoms with Crippen LogP contribution in [0.5, 0.6) is 11.5 Å². The number of aliphatic hydroxyl groups is 2. The Morgan fingerprint density at radius 3 is 2.54 bits per heavy atom. The van der Waals surface area contributed by atoms with Crippen LogP contribution in [0.25, 0.3) is 0 Å². The van der Waals surface area contributed by atoms with Crippen LogP contribution in [0, 0.1) is 17.8 Å². The molecule has 1 heterocycles. The fraction of sp³-hybridized carbons (Fsp3) is 0.600. The lowest BCUT2D eigenvalue weighted by atomic mass is 9.59. The Morgan fingerprint density at radius 2 is 1.95 bits per heavy atom. The molecule has 1 aromatic rings. The van der Waals surface area contributed by atoms with E-state index in [1.165, 1.54) is 7.11 Å². The maximum absolute atomic E-state index is 14.1. The molecule has 5 N–H and O–H groups in total. The van der Waals surface area contributed by atoms with Crippen LogP contribution in [0.15, 0.2) is 28.7 Å². The third kappa shape index (κ3) is 4.68. The van der Waals surface area contributed by atoms with Gasteiger partial charge < -0.3 is 40.2 Å². The molecule has 5 rings (SSSR count). The van der Waals surface area contributed by atoms with E-state index < -0.39 is 35.2 Å². The highest BCUT2D eigenvalue weighted by Gasteiger charge is 2.59. The molecule has 1 fully saturated rings. The third-order valence-corrected chi connectivity index (χ3v) is 9.42. The van der Waals surface area contributed by atoms with Crippen molar-refractivity contribution < 1.29 is 39.1 Å². The Bertz CT molecular complexity index is 1320. The van der Waals surface area contributed by atoms with Gasteiger partial charge >= 0.3 is 0 Å². The van der Waals surface area contributed by atoms with E-state index in [0.717, 1.165) is 31.7 Å². The Labute approximate surface area is 240 Å². The van der Waals surface area contributed by atoms with E-state index in [9.17, 15) is 24.9 Å². The number of methoxy groups -OCH3 is 2. The molecule has 0 bridgehead atoms. The zero-order valence-corrected chi connectivity index (χ0v) is 24.4. The van der Waals surface area contributed by atoms with E-state index in [-0.39, 0.29) is 40.4 Å². The summed E-state index contributed by atoms with van der Waals surface area (Å²) in [5, 5.41) is 34.1. The van der Waals surface area contributed by atoms with Crippen LogP contribution >= 0.6 is 0 Å². The number of carbonyl (C=O) groups is 2. The predicted octanol–water partition coefficient (Wildman–Crippen LogP) is 2.07. The van der Waals surface area contributed by atoms with E-state index in [1.54, 1.807) is 32.2 Å². The number of ketones is 1. The molecule has 224 valence electrons. The molecular formula is C30H41N3O8. The van der Waals surface area contributed by atoms with Crippen molar-refractivity contribution in [1.82, 2.24) is 9.80 Å². The Balaban J connectivity index is 1.58. The molecule has 0 spiro atoms. The first kappa shape index (κ1) is 29.4. The summed E-state index contributed by atoms with van der Waals surface area (Å²) < 4.78 is 17.3. The van der Waals surface area contributed by atoms with Crippen LogP contribution in [0.4, 0.5) is 0 Å². The number of ether oxygens (including phenoxy) is 3. The van der Waals surface area contributed by atoms with Gasteiger partial charge in [0.2, 0.25) is 5.91 Å². The topological polar surface area (TPSA) is 155 Å². The number of amides is 1. The highest BCUT2D eigenvalue weighted by molar-refractivity contribution is 6.14. The van der Waals surface area contributed by atoms with Crippen molar-refractivity contribution in [2.75, 3.05) is 55.1 Å². The molecule has 0 radical (unpaired) electrons. The third-order valence-electron chi connectivity index (χ3n) is 9.42. The lowest BCUT2D eigenvalue weighted by Gasteiger charge is -2.53. The Morgan fingerprint density at radius 1 is 1.22 bits per heavy atom. The molecule has 0 aromatic heterocycles. The molecule has 5 atom stereocenters. The summed E-state index contributed by atoms with van der Waals surface area (Å²) in [4.78, 5) is 30.3. The van der Waals surface area contributed by atoms with Gasteiger partial charge in [0.15, 0.2) is 5.78 Å². The minimum atomic E-state index is -1.45. The second-order valence-electron chi connectivity index (χ2n) is 12.1. The largest absolute Gasteiger partial charge is 0.510 e. The molecule has 4 aliphatic rings. The van der Waals surface area contributed by atoms with Gasteiger partial charge in [-0.15, -0.1) is 0 Å². The van der Waals surface area contributed by atoms with Gasteiger partial charge in [-0.25, -0.2) is 0 Å². The maximum Gasteiger partial charge on any atom is 0.248 e. The van der Waals surface area contributed by atoms with Crippen molar-refractivity contribution in [1.29, 1.82) is 0 Å². The molecule has 11 nitrogen and oxygen atoms in total. The van der Waals surface area contributed by atoms with Crippen molar-refractivity contribution in [3.05, 3.63) is 45.4 Å². The van der Waals surface area contributed by atoms with E-state index in [0.29, 0.717) is 36.6 Å². The number of primary amides is 1. The lowest BCUT2D eigenvalue weighted by molar-refractivity contribution is -0.121. The standard InChI is InChI=1S/C30H41N3O8/c1-32(2)24-20-9-16-8-18-23(21(34)10-17(27(18)39-4)13-33(3)12-15-6-7-41-14-15)26(36)22(16)28(37)30(20,40-5)11-19(25(24)35)29(31)38/h10,15-16,20,24,34-35,37H,6-9,11-14H2,1-5H3,(H2,31,38)/t15?,16-,20-,24-,30-/m0/s1. The molecule has 1 amide bonds. The van der Waals surface area contributed by atoms with Gasteiger partial charge in [-0.1, -0.05) is 0 Å². The molecule has 3 aliphatic carbocycles. The van der Waals surface area contributed by atoms with E-state index in [1.807, 2.05) is 7.05 Å². The first-order valence-electron chi connectivity index (χ1n) is 14.0. The Kier molecular flexibility index (Phi) is 7.84. The monoisotopic (exact) mass is 571 g/mol. The Hall–Kier alpha value is -3.12. The summed E-state index contributed by atoms with van der Waals surface area (Å²) in [7, 11) is 8.52. The predicted molar refractivity (Wildman–Crippen MR) is 150 cm³/mol. The SMILES string of the molecule is COc1c(CN(C)CC2CCOC2)cc(O)c2c1C[C@H]1C[C@H]3[C@H](N(C)C)C(O)=C(C(N)=O)C[C@@]3(OC)C(O)=C1C2=O. The second kappa shape index (κ2) is 10.9. The number of Topliss-reactive ketones (excluding diaryl/α,β-unsaturated/α-hetero) is 1. The highest BCUT2D eigenvalue weighted by atomic mass is 16.5. The molecule has 1 aromatic carbocycles. The van der Waals surface area contributed by atoms with Crippen molar-refractivity contribution >= 4 is 11.7 Å². The van der Waals surface area contributed by atoms with Crippen molar-refractivity contribution in [2.45, 2.75) is 43.9 Å². The second-order valence-corrected chi connectivity index (χ2v) is 12.1. The fourth-order valence-corrected chi connectivity index (χ4v) is 7.64. The van der Waals surface area contributed by atoms with E-state index in [2.05, 4.69) is 4.90 Å². The fourth-order valence-electron chi connectivity index (χ4n) is 7.64. The van der Waals surface area contributed by atoms with Crippen molar-refractivity contribution in [3.8, 4) is 11.5 Å². The van der Waals surface area contributed by atoms with Crippen LogP contribution in [0.1, 0.15) is 40.7 Å². The summed E-state index contributed by atoms with van der Waals surface area (Å²) in [5.41, 5.74) is 5.76. The number of likely N-dealkylation sites (N-methyl/N-ethyl adjacent to an activating group) is 1. The van der Waals surface area contributed by atoms with Crippen LogP contribution < -0.4 is 10.5 Å². The highest BCUT2D eigenvalue weighted by Crippen LogP contribution is 2.55. The van der Waals surface area contributed by atoms with Crippen molar-refractivity contribution in [2.24, 2.45) is 23.5 Å². The zero-order valence-electron chi connectivity index (χ0n) is 24.4. The number of hydrogen-bond acceptors (Lipinski definition) is 10. The molecular weight excluding hydrogens is 530 g/mol. The van der Waals surface area contributed by atoms with Crippen LogP contribution in [-0.2, 0) is 27.2 Å². The number of aliphatic hydroxyl groups excluding tert-OH is 2. The van der Waals surface area contributed by atoms with Crippen LogP contribution in [-0.4, -0.2) is 104 Å². The molecule has 1 unspecified atom stereocenters. The van der Waals surface area contributed by atoms with Gasteiger partial charge in [0, 0.05) is 55.8 Å². The number of allylic oxidation sites excluding steroid dienone is 1. The zero-order chi connectivity index (χ0) is 29.8. The number of aromatic hydroxyl groups is 1. The van der Waals surface area contributed by atoms with E-state index in [4.69, 9.17) is 19.9 Å². The lowest BCUT2D eigenvalue weighted by Crippen LogP contribution is -2.60. The van der Waals surface area contributed by atoms with Gasteiger partial charge in [-0.2, -0.15) is 0 Å². The first-order chi connectivity index (χ1) is 19.4. The molecule has 0 saturated carbocycles. The number of hydrogen-bond donors (Lipinski definition) is 4. The summed E-state index contributed by atoms with van der Waals surface area (Å²) in [6, 6.07) is 0.892. The molecule has 1 saturated heterocycles.